The number of unbranched alkanes of at least 4 members (excludes halogenated alkanes) is 9. The predicted octanol–water partition coefficient (Wildman–Crippen LogP) is 3.56. The fourth-order valence-electron chi connectivity index (χ4n) is 2.04. The lowest BCUT2D eigenvalue weighted by Crippen LogP contribution is -2.10. The van der Waals surface area contributed by atoms with Crippen molar-refractivity contribution in [1.29, 1.82) is 0 Å². The molecule has 0 aliphatic heterocycles. The van der Waals surface area contributed by atoms with Gasteiger partial charge in [-0.1, -0.05) is 64.7 Å². The van der Waals surface area contributed by atoms with E-state index in [1.165, 1.54) is 38.5 Å². The smallest absolute Gasteiger partial charge is 0.368 e. The highest BCUT2D eigenvalue weighted by Gasteiger charge is 2.44. The molecule has 0 spiro atoms. The molecule has 9 heteroatoms. The minimum atomic E-state index is -5.04. The molecule has 7 nitrogen and oxygen atoms in total. The third kappa shape index (κ3) is 10.9. The van der Waals surface area contributed by atoms with Gasteiger partial charge in [0, 0.05) is 0 Å². The Bertz CT molecular complexity index is 369. The number of hydrogen-bond acceptors (Lipinski definition) is 4. The minimum absolute atomic E-state index is 0.0959. The molecule has 0 aliphatic rings. The van der Waals surface area contributed by atoms with E-state index in [2.05, 4.69) is 11.4 Å². The zero-order chi connectivity index (χ0) is 17.1. The van der Waals surface area contributed by atoms with Gasteiger partial charge >= 0.3 is 15.2 Å². The fraction of sp³-hybridized carbons (Fsp3) is 1.00. The van der Waals surface area contributed by atoms with E-state index in [1.54, 1.807) is 0 Å². The van der Waals surface area contributed by atoms with E-state index in [0.717, 1.165) is 19.3 Å². The Morgan fingerprint density at radius 3 is 1.64 bits per heavy atom. The molecule has 134 valence electrons. The van der Waals surface area contributed by atoms with Crippen molar-refractivity contribution in [2.75, 3.05) is 6.61 Å². The summed E-state index contributed by atoms with van der Waals surface area (Å²) < 4.78 is 26.7. The van der Waals surface area contributed by atoms with Crippen LogP contribution < -0.4 is 0 Å². The predicted molar refractivity (Wildman–Crippen MR) is 85.7 cm³/mol. The third-order valence-corrected chi connectivity index (χ3v) is 6.88. The molecule has 0 aromatic carbocycles. The number of aliphatic hydroxyl groups is 1. The first-order valence-corrected chi connectivity index (χ1v) is 11.2. The highest BCUT2D eigenvalue weighted by atomic mass is 31.2. The van der Waals surface area contributed by atoms with Crippen molar-refractivity contribution < 1.29 is 33.4 Å². The fourth-order valence-corrected chi connectivity index (χ4v) is 4.29. The second-order valence-electron chi connectivity index (χ2n) is 5.51. The first kappa shape index (κ1) is 22.3. The van der Waals surface area contributed by atoms with Gasteiger partial charge < -0.3 is 24.3 Å². The van der Waals surface area contributed by atoms with Gasteiger partial charge in [-0.15, -0.1) is 0 Å². The summed E-state index contributed by atoms with van der Waals surface area (Å²) in [5.74, 6) is 0. The van der Waals surface area contributed by atoms with Gasteiger partial charge in [0.25, 0.3) is 5.59 Å². The van der Waals surface area contributed by atoms with E-state index in [4.69, 9.17) is 14.9 Å². The van der Waals surface area contributed by atoms with Crippen LogP contribution in [0.4, 0.5) is 0 Å². The van der Waals surface area contributed by atoms with Gasteiger partial charge in [-0.3, -0.25) is 9.13 Å². The van der Waals surface area contributed by atoms with E-state index >= 15 is 0 Å². The Balaban J connectivity index is 3.57. The summed E-state index contributed by atoms with van der Waals surface area (Å²) in [6.07, 6.45) is 10.9. The average Bonchev–Trinajstić information content (AvgIpc) is 2.43. The van der Waals surface area contributed by atoms with Crippen LogP contribution >= 0.6 is 15.2 Å². The third-order valence-electron chi connectivity index (χ3n) is 3.37. The zero-order valence-corrected chi connectivity index (χ0v) is 15.1. The molecule has 0 fully saturated rings. The van der Waals surface area contributed by atoms with Crippen LogP contribution in [-0.2, 0) is 13.7 Å². The van der Waals surface area contributed by atoms with Crippen molar-refractivity contribution in [2.45, 2.75) is 76.7 Å². The summed E-state index contributed by atoms with van der Waals surface area (Å²) >= 11 is 0. The number of aliphatic hydroxyl groups excluding tert-OH is 1. The van der Waals surface area contributed by atoms with Crippen molar-refractivity contribution in [3.8, 4) is 0 Å². The van der Waals surface area contributed by atoms with Crippen molar-refractivity contribution in [2.24, 2.45) is 0 Å². The first-order chi connectivity index (χ1) is 10.2. The molecule has 0 heterocycles. The van der Waals surface area contributed by atoms with E-state index in [0.29, 0.717) is 6.42 Å². The molecule has 4 N–H and O–H groups in total. The highest BCUT2D eigenvalue weighted by molar-refractivity contribution is 7.70. The van der Waals surface area contributed by atoms with E-state index in [1.807, 2.05) is 0 Å². The van der Waals surface area contributed by atoms with Gasteiger partial charge in [-0.25, -0.2) is 0 Å². The molecule has 0 amide bonds. The summed E-state index contributed by atoms with van der Waals surface area (Å²) in [5, 5.41) is 9.07. The van der Waals surface area contributed by atoms with Crippen LogP contribution in [-0.4, -0.2) is 32.0 Å². The SMILES string of the molecule is CCCCCCCCCCCCOP(=O)(O)C(O)P(=O)(O)O. The second-order valence-corrected chi connectivity index (χ2v) is 9.47. The maximum atomic E-state index is 11.4. The van der Waals surface area contributed by atoms with Crippen LogP contribution in [0, 0.1) is 0 Å². The van der Waals surface area contributed by atoms with Gasteiger partial charge in [0.05, 0.1) is 6.61 Å². The van der Waals surface area contributed by atoms with Crippen molar-refractivity contribution in [3.63, 3.8) is 0 Å². The monoisotopic (exact) mass is 360 g/mol. The van der Waals surface area contributed by atoms with Crippen molar-refractivity contribution >= 4 is 15.2 Å². The summed E-state index contributed by atoms with van der Waals surface area (Å²) in [7, 11) is -9.73. The molecule has 22 heavy (non-hydrogen) atoms. The Kier molecular flexibility index (Phi) is 11.9. The lowest BCUT2D eigenvalue weighted by molar-refractivity contribution is 0.186. The quantitative estimate of drug-likeness (QED) is 0.276. The molecule has 0 aromatic heterocycles. The van der Waals surface area contributed by atoms with E-state index < -0.39 is 20.8 Å². The van der Waals surface area contributed by atoms with Gasteiger partial charge in [0.2, 0.25) is 0 Å². The Morgan fingerprint density at radius 1 is 0.818 bits per heavy atom. The van der Waals surface area contributed by atoms with Crippen LogP contribution in [0.3, 0.4) is 0 Å². The van der Waals surface area contributed by atoms with Crippen molar-refractivity contribution in [1.82, 2.24) is 0 Å². The van der Waals surface area contributed by atoms with E-state index in [-0.39, 0.29) is 6.61 Å². The van der Waals surface area contributed by atoms with E-state index in [9.17, 15) is 14.0 Å². The number of hydrogen-bond donors (Lipinski definition) is 4. The van der Waals surface area contributed by atoms with Crippen LogP contribution in [0.5, 0.6) is 0 Å². The van der Waals surface area contributed by atoms with Gasteiger partial charge in [0.15, 0.2) is 0 Å². The molecule has 0 aliphatic carbocycles. The Labute approximate surface area is 132 Å². The molecule has 0 saturated heterocycles. The van der Waals surface area contributed by atoms with Crippen LogP contribution in [0.15, 0.2) is 0 Å². The number of rotatable bonds is 14. The maximum absolute atomic E-state index is 11.4. The molecule has 2 unspecified atom stereocenters. The lowest BCUT2D eigenvalue weighted by Gasteiger charge is -2.18. The summed E-state index contributed by atoms with van der Waals surface area (Å²) in [5.41, 5.74) is -2.66. The molecular weight excluding hydrogens is 330 g/mol. The van der Waals surface area contributed by atoms with Crippen LogP contribution in [0.25, 0.3) is 0 Å². The molecule has 0 bridgehead atoms. The normalized spacial score (nSPS) is 16.4. The molecule has 0 aromatic rings. The van der Waals surface area contributed by atoms with Crippen LogP contribution in [0.1, 0.15) is 71.1 Å². The average molecular weight is 360 g/mol. The standard InChI is InChI=1S/C13H30O7P2/c1-2-3-4-5-6-7-8-9-10-11-12-20-22(18,19)13(14)21(15,16)17/h13-14H,2-12H2,1H3,(H,18,19)(H2,15,16,17). The highest BCUT2D eigenvalue weighted by Crippen LogP contribution is 2.61. The van der Waals surface area contributed by atoms with Gasteiger partial charge in [0.1, 0.15) is 0 Å². The summed E-state index contributed by atoms with van der Waals surface area (Å²) in [4.78, 5) is 26.5. The second kappa shape index (κ2) is 11.7. The molecule has 0 saturated carbocycles. The van der Waals surface area contributed by atoms with Crippen molar-refractivity contribution in [3.05, 3.63) is 0 Å². The minimum Gasteiger partial charge on any atom is -0.370 e. The first-order valence-electron chi connectivity index (χ1n) is 7.92. The molecule has 0 radical (unpaired) electrons. The largest absolute Gasteiger partial charge is 0.370 e. The zero-order valence-electron chi connectivity index (χ0n) is 13.3. The summed E-state index contributed by atoms with van der Waals surface area (Å²) in [6, 6.07) is 0. The maximum Gasteiger partial charge on any atom is 0.368 e. The molecular formula is C13H30O7P2. The molecule has 2 atom stereocenters. The lowest BCUT2D eigenvalue weighted by atomic mass is 10.1. The van der Waals surface area contributed by atoms with Gasteiger partial charge in [-0.2, -0.15) is 0 Å². The van der Waals surface area contributed by atoms with Gasteiger partial charge in [-0.05, 0) is 6.42 Å². The van der Waals surface area contributed by atoms with Crippen LogP contribution in [0.2, 0.25) is 0 Å². The summed E-state index contributed by atoms with van der Waals surface area (Å²) in [6.45, 7) is 2.09. The molecule has 0 rings (SSSR count). The Hall–Kier alpha value is 0.260. The Morgan fingerprint density at radius 2 is 1.23 bits per heavy atom. The topological polar surface area (TPSA) is 124 Å².